The third-order valence-corrected chi connectivity index (χ3v) is 2.69. The van der Waals surface area contributed by atoms with Gasteiger partial charge in [0, 0.05) is 32.4 Å². The summed E-state index contributed by atoms with van der Waals surface area (Å²) in [5, 5.41) is 3.47. The standard InChI is InChI=1S/C10H12ClN3O/c11-9-8(2-1-3-13-9)10(15)14-6-4-12-5-7-14/h1-3,12H,4-7H2. The Morgan fingerprint density at radius 3 is 2.87 bits per heavy atom. The van der Waals surface area contributed by atoms with Gasteiger partial charge >= 0.3 is 0 Å². The van der Waals surface area contributed by atoms with Gasteiger partial charge in [0.2, 0.25) is 0 Å². The molecule has 1 amide bonds. The van der Waals surface area contributed by atoms with Gasteiger partial charge in [-0.05, 0) is 12.1 Å². The third-order valence-electron chi connectivity index (χ3n) is 2.39. The molecule has 1 aromatic heterocycles. The van der Waals surface area contributed by atoms with Gasteiger partial charge in [-0.3, -0.25) is 4.79 Å². The predicted octanol–water partition coefficient (Wildman–Crippen LogP) is 0.780. The molecule has 15 heavy (non-hydrogen) atoms. The lowest BCUT2D eigenvalue weighted by Crippen LogP contribution is -2.46. The van der Waals surface area contributed by atoms with E-state index in [1.165, 1.54) is 0 Å². The van der Waals surface area contributed by atoms with Gasteiger partial charge in [0.05, 0.1) is 5.56 Å². The van der Waals surface area contributed by atoms with Crippen molar-refractivity contribution in [1.82, 2.24) is 15.2 Å². The number of hydrogen-bond acceptors (Lipinski definition) is 3. The smallest absolute Gasteiger partial charge is 0.257 e. The SMILES string of the molecule is O=C(c1cccnc1Cl)N1CCNCC1. The molecular formula is C10H12ClN3O. The summed E-state index contributed by atoms with van der Waals surface area (Å²) in [6.45, 7) is 3.13. The van der Waals surface area contributed by atoms with Crippen molar-refractivity contribution in [3.63, 3.8) is 0 Å². The number of hydrogen-bond donors (Lipinski definition) is 1. The quantitative estimate of drug-likeness (QED) is 0.719. The number of aromatic nitrogens is 1. The zero-order chi connectivity index (χ0) is 10.7. The first kappa shape index (κ1) is 10.4. The molecule has 2 rings (SSSR count). The number of carbonyl (C=O) groups is 1. The number of nitrogens with one attached hydrogen (secondary N) is 1. The summed E-state index contributed by atoms with van der Waals surface area (Å²) in [6, 6.07) is 3.43. The molecule has 0 spiro atoms. The summed E-state index contributed by atoms with van der Waals surface area (Å²) in [5.74, 6) is -0.0328. The molecule has 1 aliphatic heterocycles. The highest BCUT2D eigenvalue weighted by atomic mass is 35.5. The van der Waals surface area contributed by atoms with Gasteiger partial charge in [-0.2, -0.15) is 0 Å². The molecule has 0 saturated carbocycles. The van der Waals surface area contributed by atoms with E-state index in [2.05, 4.69) is 10.3 Å². The Labute approximate surface area is 93.2 Å². The summed E-state index contributed by atoms with van der Waals surface area (Å²) >= 11 is 5.86. The summed E-state index contributed by atoms with van der Waals surface area (Å²) in [4.78, 5) is 17.7. The van der Waals surface area contributed by atoms with E-state index in [-0.39, 0.29) is 11.1 Å². The first-order chi connectivity index (χ1) is 7.29. The van der Waals surface area contributed by atoms with Gasteiger partial charge in [-0.15, -0.1) is 0 Å². The lowest BCUT2D eigenvalue weighted by Gasteiger charge is -2.27. The van der Waals surface area contributed by atoms with Crippen LogP contribution in [0.2, 0.25) is 5.15 Å². The Morgan fingerprint density at radius 2 is 2.20 bits per heavy atom. The monoisotopic (exact) mass is 225 g/mol. The van der Waals surface area contributed by atoms with E-state index in [4.69, 9.17) is 11.6 Å². The van der Waals surface area contributed by atoms with Crippen LogP contribution in [0, 0.1) is 0 Å². The van der Waals surface area contributed by atoms with Gasteiger partial charge in [0.25, 0.3) is 5.91 Å². The van der Waals surface area contributed by atoms with Crippen molar-refractivity contribution < 1.29 is 4.79 Å². The number of rotatable bonds is 1. The minimum atomic E-state index is -0.0328. The summed E-state index contributed by atoms with van der Waals surface area (Å²) in [7, 11) is 0. The van der Waals surface area contributed by atoms with Crippen molar-refractivity contribution >= 4 is 17.5 Å². The molecule has 0 bridgehead atoms. The second kappa shape index (κ2) is 4.59. The van der Waals surface area contributed by atoms with Crippen LogP contribution in [0.5, 0.6) is 0 Å². The largest absolute Gasteiger partial charge is 0.336 e. The van der Waals surface area contributed by atoms with Crippen LogP contribution in [-0.4, -0.2) is 42.0 Å². The van der Waals surface area contributed by atoms with Crippen LogP contribution in [0.3, 0.4) is 0 Å². The van der Waals surface area contributed by atoms with E-state index in [0.29, 0.717) is 5.56 Å². The Kier molecular flexibility index (Phi) is 3.18. The van der Waals surface area contributed by atoms with E-state index >= 15 is 0 Å². The van der Waals surface area contributed by atoms with Crippen LogP contribution in [0.15, 0.2) is 18.3 Å². The van der Waals surface area contributed by atoms with Crippen LogP contribution in [0.1, 0.15) is 10.4 Å². The second-order valence-corrected chi connectivity index (χ2v) is 3.74. The molecule has 0 aromatic carbocycles. The van der Waals surface area contributed by atoms with Gasteiger partial charge in [-0.1, -0.05) is 11.6 Å². The number of amides is 1. The first-order valence-corrected chi connectivity index (χ1v) is 5.27. The molecule has 80 valence electrons. The molecule has 1 fully saturated rings. The van der Waals surface area contributed by atoms with Gasteiger partial charge in [0.1, 0.15) is 5.15 Å². The maximum atomic E-state index is 12.0. The highest BCUT2D eigenvalue weighted by Crippen LogP contribution is 2.14. The van der Waals surface area contributed by atoms with Gasteiger partial charge in [0.15, 0.2) is 0 Å². The average molecular weight is 226 g/mol. The van der Waals surface area contributed by atoms with E-state index in [1.807, 2.05) is 0 Å². The van der Waals surface area contributed by atoms with Crippen molar-refractivity contribution in [1.29, 1.82) is 0 Å². The van der Waals surface area contributed by atoms with Gasteiger partial charge < -0.3 is 10.2 Å². The number of piperazine rings is 1. The minimum Gasteiger partial charge on any atom is -0.336 e. The zero-order valence-corrected chi connectivity index (χ0v) is 9.00. The van der Waals surface area contributed by atoms with Crippen LogP contribution < -0.4 is 5.32 Å². The van der Waals surface area contributed by atoms with Crippen LogP contribution >= 0.6 is 11.6 Å². The Hall–Kier alpha value is -1.13. The van der Waals surface area contributed by atoms with E-state index in [9.17, 15) is 4.79 Å². The number of pyridine rings is 1. The fourth-order valence-corrected chi connectivity index (χ4v) is 1.78. The van der Waals surface area contributed by atoms with Gasteiger partial charge in [-0.25, -0.2) is 4.98 Å². The molecule has 5 heteroatoms. The van der Waals surface area contributed by atoms with Crippen molar-refractivity contribution in [2.45, 2.75) is 0 Å². The molecule has 0 unspecified atom stereocenters. The summed E-state index contributed by atoms with van der Waals surface area (Å²) in [6.07, 6.45) is 1.58. The van der Waals surface area contributed by atoms with E-state index < -0.39 is 0 Å². The molecular weight excluding hydrogens is 214 g/mol. The van der Waals surface area contributed by atoms with Crippen LogP contribution in [0.4, 0.5) is 0 Å². The minimum absolute atomic E-state index is 0.0328. The number of carbonyl (C=O) groups excluding carboxylic acids is 1. The fraction of sp³-hybridized carbons (Fsp3) is 0.400. The lowest BCUT2D eigenvalue weighted by molar-refractivity contribution is 0.0735. The molecule has 0 atom stereocenters. The molecule has 1 N–H and O–H groups in total. The summed E-state index contributed by atoms with van der Waals surface area (Å²) in [5.41, 5.74) is 0.487. The van der Waals surface area contributed by atoms with E-state index in [1.54, 1.807) is 23.2 Å². The summed E-state index contributed by atoms with van der Waals surface area (Å²) < 4.78 is 0. The predicted molar refractivity (Wildman–Crippen MR) is 58.0 cm³/mol. The Balaban J connectivity index is 2.16. The molecule has 0 aliphatic carbocycles. The van der Waals surface area contributed by atoms with Crippen molar-refractivity contribution in [3.05, 3.63) is 29.0 Å². The lowest BCUT2D eigenvalue weighted by atomic mass is 10.2. The van der Waals surface area contributed by atoms with Crippen molar-refractivity contribution in [2.24, 2.45) is 0 Å². The Morgan fingerprint density at radius 1 is 1.47 bits per heavy atom. The van der Waals surface area contributed by atoms with Crippen LogP contribution in [0.25, 0.3) is 0 Å². The van der Waals surface area contributed by atoms with E-state index in [0.717, 1.165) is 26.2 Å². The molecule has 1 aliphatic rings. The zero-order valence-electron chi connectivity index (χ0n) is 8.24. The topological polar surface area (TPSA) is 45.2 Å². The fourth-order valence-electron chi connectivity index (χ4n) is 1.58. The normalized spacial score (nSPS) is 16.5. The molecule has 0 radical (unpaired) electrons. The third kappa shape index (κ3) is 2.27. The molecule has 1 aromatic rings. The highest BCUT2D eigenvalue weighted by molar-refractivity contribution is 6.32. The van der Waals surface area contributed by atoms with Crippen molar-refractivity contribution in [2.75, 3.05) is 26.2 Å². The maximum Gasteiger partial charge on any atom is 0.257 e. The van der Waals surface area contributed by atoms with Crippen molar-refractivity contribution in [3.8, 4) is 0 Å². The maximum absolute atomic E-state index is 12.0. The second-order valence-electron chi connectivity index (χ2n) is 3.38. The number of halogens is 1. The average Bonchev–Trinajstić information content (AvgIpc) is 2.30. The highest BCUT2D eigenvalue weighted by Gasteiger charge is 2.19. The molecule has 4 nitrogen and oxygen atoms in total. The molecule has 1 saturated heterocycles. The first-order valence-electron chi connectivity index (χ1n) is 4.89. The molecule has 2 heterocycles. The Bertz CT molecular complexity index is 363. The van der Waals surface area contributed by atoms with Crippen LogP contribution in [-0.2, 0) is 0 Å². The number of nitrogens with zero attached hydrogens (tertiary/aromatic N) is 2.